The molecule has 3 rings (SSSR count). The molecule has 136 valence electrons. The van der Waals surface area contributed by atoms with Crippen LogP contribution in [-0.2, 0) is 0 Å². The van der Waals surface area contributed by atoms with Gasteiger partial charge >= 0.3 is 12.1 Å². The fourth-order valence-electron chi connectivity index (χ4n) is 2.70. The first-order chi connectivity index (χ1) is 12.4. The van der Waals surface area contributed by atoms with Crippen molar-refractivity contribution < 1.29 is 9.59 Å². The maximum Gasteiger partial charge on any atom is 0.321 e. The van der Waals surface area contributed by atoms with E-state index in [0.29, 0.717) is 28.8 Å². The van der Waals surface area contributed by atoms with Gasteiger partial charge in [0.2, 0.25) is 0 Å². The second kappa shape index (κ2) is 7.85. The van der Waals surface area contributed by atoms with Crippen molar-refractivity contribution in [1.29, 1.82) is 0 Å². The molecule has 1 saturated heterocycles. The molecule has 0 aliphatic carbocycles. The molecule has 4 amide bonds. The first kappa shape index (κ1) is 18.4. The van der Waals surface area contributed by atoms with E-state index in [2.05, 4.69) is 16.0 Å². The fraction of sp³-hybridized carbons (Fsp3) is 0.222. The number of hydrogen-bond acceptors (Lipinski definition) is 2. The van der Waals surface area contributed by atoms with Gasteiger partial charge in [0, 0.05) is 24.5 Å². The van der Waals surface area contributed by atoms with Crippen LogP contribution >= 0.6 is 23.2 Å². The predicted molar refractivity (Wildman–Crippen MR) is 104 cm³/mol. The molecule has 1 heterocycles. The summed E-state index contributed by atoms with van der Waals surface area (Å²) in [5.41, 5.74) is 2.17. The summed E-state index contributed by atoms with van der Waals surface area (Å²) in [7, 11) is 0. The van der Waals surface area contributed by atoms with E-state index in [1.54, 1.807) is 35.2 Å². The molecule has 1 fully saturated rings. The Hall–Kier alpha value is -2.44. The van der Waals surface area contributed by atoms with E-state index in [9.17, 15) is 9.59 Å². The summed E-state index contributed by atoms with van der Waals surface area (Å²) in [6, 6.07) is 11.6. The van der Waals surface area contributed by atoms with E-state index in [1.165, 1.54) is 0 Å². The number of hydrogen-bond donors (Lipinski definition) is 3. The molecule has 0 bridgehead atoms. The molecule has 26 heavy (non-hydrogen) atoms. The lowest BCUT2D eigenvalue weighted by molar-refractivity contribution is 0.249. The lowest BCUT2D eigenvalue weighted by atomic mass is 10.1. The lowest BCUT2D eigenvalue weighted by Crippen LogP contribution is -2.31. The first-order valence-corrected chi connectivity index (χ1v) is 8.87. The van der Waals surface area contributed by atoms with Crippen molar-refractivity contribution in [3.05, 3.63) is 58.1 Å². The minimum Gasteiger partial charge on any atom is -0.336 e. The summed E-state index contributed by atoms with van der Waals surface area (Å²) in [4.78, 5) is 25.7. The first-order valence-electron chi connectivity index (χ1n) is 8.12. The van der Waals surface area contributed by atoms with Crippen LogP contribution in [0.15, 0.2) is 42.5 Å². The summed E-state index contributed by atoms with van der Waals surface area (Å²) in [6.07, 6.45) is 0. The Morgan fingerprint density at radius 2 is 2.00 bits per heavy atom. The molecule has 2 aromatic carbocycles. The SMILES string of the molecule is CC(NC(=O)Nc1cccc(N2CCNC2=O)c1)c1ccc(Cl)c(Cl)c1. The molecule has 8 heteroatoms. The van der Waals surface area contributed by atoms with E-state index in [4.69, 9.17) is 23.2 Å². The molecule has 1 aliphatic heterocycles. The Kier molecular flexibility index (Phi) is 5.54. The van der Waals surface area contributed by atoms with Gasteiger partial charge in [-0.2, -0.15) is 0 Å². The molecule has 3 N–H and O–H groups in total. The quantitative estimate of drug-likeness (QED) is 0.720. The standard InChI is InChI=1S/C18H18Cl2N4O2/c1-11(12-5-6-15(19)16(20)9-12)22-17(25)23-13-3-2-4-14(10-13)24-8-7-21-18(24)26/h2-6,9-11H,7-8H2,1H3,(H,21,26)(H2,22,23,25). The van der Waals surface area contributed by atoms with Gasteiger partial charge in [0.05, 0.1) is 16.1 Å². The minimum absolute atomic E-state index is 0.139. The summed E-state index contributed by atoms with van der Waals surface area (Å²) in [5, 5.41) is 9.28. The normalized spacial score (nSPS) is 14.7. The molecule has 0 saturated carbocycles. The Bertz CT molecular complexity index is 844. The largest absolute Gasteiger partial charge is 0.336 e. The van der Waals surface area contributed by atoms with Gasteiger partial charge in [-0.1, -0.05) is 35.3 Å². The summed E-state index contributed by atoms with van der Waals surface area (Å²) >= 11 is 11.9. The average molecular weight is 393 g/mol. The van der Waals surface area contributed by atoms with Gasteiger partial charge < -0.3 is 16.0 Å². The van der Waals surface area contributed by atoms with Crippen LogP contribution < -0.4 is 20.9 Å². The van der Waals surface area contributed by atoms with Crippen molar-refractivity contribution in [3.63, 3.8) is 0 Å². The van der Waals surface area contributed by atoms with Crippen LogP contribution in [0.1, 0.15) is 18.5 Å². The number of benzene rings is 2. The van der Waals surface area contributed by atoms with E-state index in [1.807, 2.05) is 19.1 Å². The van der Waals surface area contributed by atoms with E-state index in [-0.39, 0.29) is 18.1 Å². The fourth-order valence-corrected chi connectivity index (χ4v) is 3.00. The Labute approximate surface area is 161 Å². The van der Waals surface area contributed by atoms with Crippen LogP contribution in [0.2, 0.25) is 10.0 Å². The van der Waals surface area contributed by atoms with Crippen molar-refractivity contribution in [1.82, 2.24) is 10.6 Å². The lowest BCUT2D eigenvalue weighted by Gasteiger charge is -2.17. The number of rotatable bonds is 4. The van der Waals surface area contributed by atoms with E-state index in [0.717, 1.165) is 11.3 Å². The van der Waals surface area contributed by atoms with Crippen LogP contribution in [-0.4, -0.2) is 25.2 Å². The van der Waals surface area contributed by atoms with E-state index < -0.39 is 0 Å². The van der Waals surface area contributed by atoms with Crippen LogP contribution in [0.4, 0.5) is 21.0 Å². The molecule has 0 spiro atoms. The number of urea groups is 2. The smallest absolute Gasteiger partial charge is 0.321 e. The van der Waals surface area contributed by atoms with Crippen molar-refractivity contribution >= 4 is 46.6 Å². The van der Waals surface area contributed by atoms with Crippen LogP contribution in [0.3, 0.4) is 0 Å². The average Bonchev–Trinajstić information content (AvgIpc) is 3.03. The zero-order chi connectivity index (χ0) is 18.7. The molecule has 6 nitrogen and oxygen atoms in total. The molecule has 1 atom stereocenters. The van der Waals surface area contributed by atoms with Gasteiger partial charge in [-0.05, 0) is 42.8 Å². The van der Waals surface area contributed by atoms with Crippen LogP contribution in [0.5, 0.6) is 0 Å². The predicted octanol–water partition coefficient (Wildman–Crippen LogP) is 4.41. The summed E-state index contributed by atoms with van der Waals surface area (Å²) in [5.74, 6) is 0. The molecular weight excluding hydrogens is 375 g/mol. The third-order valence-corrected chi connectivity index (χ3v) is 4.80. The third-order valence-electron chi connectivity index (χ3n) is 4.06. The Balaban J connectivity index is 1.64. The Morgan fingerprint density at radius 3 is 2.69 bits per heavy atom. The highest BCUT2D eigenvalue weighted by Gasteiger charge is 2.21. The highest BCUT2D eigenvalue weighted by atomic mass is 35.5. The molecule has 0 aromatic heterocycles. The minimum atomic E-state index is -0.355. The molecule has 2 aromatic rings. The summed E-state index contributed by atoms with van der Waals surface area (Å²) < 4.78 is 0. The van der Waals surface area contributed by atoms with Crippen molar-refractivity contribution in [2.24, 2.45) is 0 Å². The zero-order valence-corrected chi connectivity index (χ0v) is 15.6. The number of nitrogens with one attached hydrogen (secondary N) is 3. The van der Waals surface area contributed by atoms with Crippen molar-refractivity contribution in [2.75, 3.05) is 23.3 Å². The number of anilines is 2. The van der Waals surface area contributed by atoms with E-state index >= 15 is 0 Å². The molecular formula is C18H18Cl2N4O2. The van der Waals surface area contributed by atoms with Crippen LogP contribution in [0, 0.1) is 0 Å². The second-order valence-electron chi connectivity index (χ2n) is 5.93. The highest BCUT2D eigenvalue weighted by Crippen LogP contribution is 2.26. The zero-order valence-electron chi connectivity index (χ0n) is 14.1. The maximum absolute atomic E-state index is 12.3. The number of nitrogens with zero attached hydrogens (tertiary/aromatic N) is 1. The summed E-state index contributed by atoms with van der Waals surface area (Å²) in [6.45, 7) is 3.06. The van der Waals surface area contributed by atoms with Crippen LogP contribution in [0.25, 0.3) is 0 Å². The van der Waals surface area contributed by atoms with Gasteiger partial charge in [0.15, 0.2) is 0 Å². The maximum atomic E-state index is 12.3. The number of amides is 4. The number of carbonyl (C=O) groups is 2. The molecule has 1 unspecified atom stereocenters. The Morgan fingerprint density at radius 1 is 1.19 bits per heavy atom. The molecule has 0 radical (unpaired) electrons. The van der Waals surface area contributed by atoms with Gasteiger partial charge in [0.25, 0.3) is 0 Å². The highest BCUT2D eigenvalue weighted by molar-refractivity contribution is 6.42. The van der Waals surface area contributed by atoms with Gasteiger partial charge in [-0.15, -0.1) is 0 Å². The van der Waals surface area contributed by atoms with Crippen molar-refractivity contribution in [2.45, 2.75) is 13.0 Å². The van der Waals surface area contributed by atoms with Gasteiger partial charge in [-0.3, -0.25) is 4.90 Å². The second-order valence-corrected chi connectivity index (χ2v) is 6.74. The third kappa shape index (κ3) is 4.20. The van der Waals surface area contributed by atoms with Gasteiger partial charge in [-0.25, -0.2) is 9.59 Å². The number of carbonyl (C=O) groups excluding carboxylic acids is 2. The number of halogens is 2. The molecule has 1 aliphatic rings. The van der Waals surface area contributed by atoms with Crippen molar-refractivity contribution in [3.8, 4) is 0 Å². The monoisotopic (exact) mass is 392 g/mol. The van der Waals surface area contributed by atoms with Gasteiger partial charge in [0.1, 0.15) is 0 Å². The topological polar surface area (TPSA) is 73.5 Å².